The van der Waals surface area contributed by atoms with Gasteiger partial charge in [-0.25, -0.2) is 4.79 Å². The Kier molecular flexibility index (Phi) is 27.4. The Morgan fingerprint density at radius 3 is 1.15 bits per heavy atom. The van der Waals surface area contributed by atoms with E-state index in [1.807, 2.05) is 0 Å². The summed E-state index contributed by atoms with van der Waals surface area (Å²) in [4.78, 5) is 9.60. The van der Waals surface area contributed by atoms with Crippen LogP contribution in [0.15, 0.2) is 12.2 Å². The Labute approximate surface area is 219 Å². The summed E-state index contributed by atoms with van der Waals surface area (Å²) in [6.07, 6.45) is 15.0. The van der Waals surface area contributed by atoms with Crippen molar-refractivity contribution in [2.45, 2.75) is 126 Å². The van der Waals surface area contributed by atoms with Gasteiger partial charge >= 0.3 is 191 Å². The van der Waals surface area contributed by atoms with Gasteiger partial charge in [-0.2, -0.15) is 0 Å². The topological polar surface area (TPSA) is 65.0 Å². The molecule has 0 saturated heterocycles. The predicted octanol–water partition coefficient (Wildman–Crippen LogP) is 8.70. The van der Waals surface area contributed by atoms with Crippen molar-refractivity contribution in [1.82, 2.24) is 0 Å². The van der Waals surface area contributed by atoms with Crippen LogP contribution in [-0.2, 0) is 33.8 Å². The molecular weight excluding hydrogens is 464 g/mol. The van der Waals surface area contributed by atoms with Gasteiger partial charge in [-0.05, 0) is 6.92 Å². The summed E-state index contributed by atoms with van der Waals surface area (Å²) in [5.74, 6) is 1.02. The molecule has 0 aliphatic heterocycles. The van der Waals surface area contributed by atoms with Gasteiger partial charge in [0, 0.05) is 5.57 Å². The average molecular weight is 522 g/mol. The van der Waals surface area contributed by atoms with Crippen molar-refractivity contribution in [1.29, 1.82) is 0 Å². The van der Waals surface area contributed by atoms with Gasteiger partial charge in [0.1, 0.15) is 0 Å². The molecule has 203 valence electrons. The monoisotopic (exact) mass is 521 g/mol. The first-order valence-corrected chi connectivity index (χ1v) is 15.8. The standard InChI is InChI=1S/3C8H17O.C4H6O2.Ti/c3*1-3-5-6-8(4-2)7-9;1-3(2)4(5)6;/h3*8H,3-7H2,1-2H3;1H2,2H3,(H,5,6);/q3*-1;;+3. The van der Waals surface area contributed by atoms with Crippen molar-refractivity contribution in [3.8, 4) is 0 Å². The van der Waals surface area contributed by atoms with Crippen molar-refractivity contribution in [2.24, 2.45) is 17.8 Å². The molecule has 3 unspecified atom stereocenters. The normalized spacial score (nSPS) is 13.5. The molecule has 0 amide bonds. The molecule has 0 aliphatic carbocycles. The van der Waals surface area contributed by atoms with Gasteiger partial charge in [0.05, 0.1) is 0 Å². The Morgan fingerprint density at radius 2 is 0.971 bits per heavy atom. The maximum absolute atomic E-state index is 9.60. The molecule has 0 radical (unpaired) electrons. The number of aliphatic carboxylic acids is 1. The van der Waals surface area contributed by atoms with E-state index in [1.54, 1.807) is 0 Å². The summed E-state index contributed by atoms with van der Waals surface area (Å²) in [6.45, 7) is 20.7. The van der Waals surface area contributed by atoms with Gasteiger partial charge in [-0.3, -0.25) is 0 Å². The average Bonchev–Trinajstić information content (AvgIpc) is 2.83. The Bertz CT molecular complexity index is 412. The third-order valence-electron chi connectivity index (χ3n) is 6.31. The van der Waals surface area contributed by atoms with Crippen LogP contribution in [0.5, 0.6) is 0 Å². The zero-order chi connectivity index (χ0) is 26.2. The molecule has 3 atom stereocenters. The molecule has 6 heteroatoms. The van der Waals surface area contributed by atoms with Crippen molar-refractivity contribution in [2.75, 3.05) is 19.8 Å². The quantitative estimate of drug-likeness (QED) is 0.114. The molecule has 5 nitrogen and oxygen atoms in total. The molecule has 0 aromatic carbocycles. The second-order valence-corrected chi connectivity index (χ2v) is 11.7. The molecule has 0 spiro atoms. The van der Waals surface area contributed by atoms with E-state index in [-0.39, 0.29) is 5.57 Å². The number of carboxylic acid groups (broad SMARTS) is 1. The number of hydrogen-bond donors (Lipinski definition) is 1. The van der Waals surface area contributed by atoms with Gasteiger partial charge in [-0.1, -0.05) is 6.58 Å². The van der Waals surface area contributed by atoms with Crippen LogP contribution in [0.4, 0.5) is 0 Å². The van der Waals surface area contributed by atoms with E-state index >= 15 is 0 Å². The zero-order valence-corrected chi connectivity index (χ0v) is 25.2. The Hall–Kier alpha value is -0.196. The first-order chi connectivity index (χ1) is 16.3. The van der Waals surface area contributed by atoms with Gasteiger partial charge in [0.15, 0.2) is 0 Å². The summed E-state index contributed by atoms with van der Waals surface area (Å²) in [5.41, 5.74) is 0.176. The third-order valence-corrected chi connectivity index (χ3v) is 8.19. The molecule has 0 aromatic heterocycles. The minimum absolute atomic E-state index is 0.176. The van der Waals surface area contributed by atoms with E-state index in [1.165, 1.54) is 84.0 Å². The van der Waals surface area contributed by atoms with Crippen LogP contribution < -0.4 is 0 Å². The first kappa shape index (κ1) is 36.0. The Morgan fingerprint density at radius 1 is 0.706 bits per heavy atom. The SMILES string of the molecule is C=C(C)C(=O)O.CCCCC(CC)C[O][Ti]([O]CC(CC)CCCC)[O]CC(CC)CCCC. The second-order valence-electron chi connectivity index (χ2n) is 9.52. The summed E-state index contributed by atoms with van der Waals surface area (Å²) in [7, 11) is 0. The number of carbonyl (C=O) groups is 1. The first-order valence-electron chi connectivity index (χ1n) is 13.9. The van der Waals surface area contributed by atoms with E-state index in [9.17, 15) is 4.79 Å². The molecule has 0 heterocycles. The van der Waals surface area contributed by atoms with E-state index < -0.39 is 25.0 Å². The third kappa shape index (κ3) is 22.3. The minimum atomic E-state index is -2.36. The second kappa shape index (κ2) is 25.9. The van der Waals surface area contributed by atoms with Gasteiger partial charge in [0.25, 0.3) is 0 Å². The van der Waals surface area contributed by atoms with Gasteiger partial charge < -0.3 is 5.11 Å². The van der Waals surface area contributed by atoms with E-state index in [0.29, 0.717) is 17.8 Å². The summed E-state index contributed by atoms with van der Waals surface area (Å²) >= 11 is -2.36. The number of hydrogen-bond acceptors (Lipinski definition) is 4. The fourth-order valence-electron chi connectivity index (χ4n) is 3.38. The van der Waals surface area contributed by atoms with Crippen LogP contribution >= 0.6 is 0 Å². The summed E-state index contributed by atoms with van der Waals surface area (Å²) in [6, 6.07) is 0. The maximum atomic E-state index is 9.60. The van der Waals surface area contributed by atoms with Crippen molar-refractivity contribution >= 4 is 5.97 Å². The van der Waals surface area contributed by atoms with Crippen molar-refractivity contribution in [3.05, 3.63) is 12.2 Å². The fraction of sp³-hybridized carbons (Fsp3) is 0.893. The summed E-state index contributed by atoms with van der Waals surface area (Å²) in [5, 5.41) is 7.89. The van der Waals surface area contributed by atoms with E-state index in [0.717, 1.165) is 19.8 Å². The number of unbranched alkanes of at least 4 members (excludes halogenated alkanes) is 3. The fourth-order valence-corrected chi connectivity index (χ4v) is 5.51. The van der Waals surface area contributed by atoms with Crippen molar-refractivity contribution in [3.63, 3.8) is 0 Å². The molecular formula is C28H57O5Ti. The van der Waals surface area contributed by atoms with Gasteiger partial charge in [0.2, 0.25) is 0 Å². The molecule has 0 aromatic rings. The number of rotatable bonds is 22. The number of carboxylic acids is 1. The summed E-state index contributed by atoms with van der Waals surface area (Å²) < 4.78 is 18.9. The molecule has 0 aliphatic rings. The van der Waals surface area contributed by atoms with Crippen LogP contribution in [-0.4, -0.2) is 30.9 Å². The van der Waals surface area contributed by atoms with Crippen LogP contribution in [0.1, 0.15) is 126 Å². The van der Waals surface area contributed by atoms with Crippen LogP contribution in [0.25, 0.3) is 0 Å². The molecule has 34 heavy (non-hydrogen) atoms. The molecule has 0 fully saturated rings. The molecule has 1 N–H and O–H groups in total. The Balaban J connectivity index is 0. The van der Waals surface area contributed by atoms with E-state index in [4.69, 9.17) is 15.1 Å². The zero-order valence-electron chi connectivity index (χ0n) is 23.6. The molecule has 0 saturated carbocycles. The van der Waals surface area contributed by atoms with Crippen LogP contribution in [0.2, 0.25) is 0 Å². The van der Waals surface area contributed by atoms with Crippen molar-refractivity contribution < 1.29 is 38.9 Å². The molecule has 0 bridgehead atoms. The van der Waals surface area contributed by atoms with Crippen LogP contribution in [0.3, 0.4) is 0 Å². The van der Waals surface area contributed by atoms with Crippen LogP contribution in [0, 0.1) is 17.8 Å². The van der Waals surface area contributed by atoms with E-state index in [2.05, 4.69) is 48.1 Å². The predicted molar refractivity (Wildman–Crippen MR) is 140 cm³/mol. The van der Waals surface area contributed by atoms with Gasteiger partial charge in [-0.15, -0.1) is 0 Å². The molecule has 0 rings (SSSR count).